The number of carbonyl (C=O) groups excluding carboxylic acids is 5. The molecular weight excluding hydrogens is 797 g/mol. The first-order chi connectivity index (χ1) is 28.4. The molecule has 6 heterocycles. The number of imide groups is 2. The number of nitrogens with two attached hydrogens (primary N) is 1. The SMILES string of the molecule is C[C@@H](Oc1ccc(N)c(C(=N)c2ccc(N3CCN(C(=O)C4CCN(c5ccc6c(c5)C(=O)N(C5CCC(=O)NC5=O)C6=O)CC4)CC3)nc2)c1)c1c(Cl)cncc1Cl. The Balaban J connectivity index is 0.831. The quantitative estimate of drug-likeness (QED) is 0.118. The summed E-state index contributed by atoms with van der Waals surface area (Å²) in [5.74, 6) is -0.900. The zero-order valence-corrected chi connectivity index (χ0v) is 33.6. The van der Waals surface area contributed by atoms with Crippen LogP contribution in [0.2, 0.25) is 10.0 Å². The highest BCUT2D eigenvalue weighted by Gasteiger charge is 2.45. The number of piperazine rings is 1. The largest absolute Gasteiger partial charge is 0.486 e. The molecule has 304 valence electrons. The third-order valence-corrected chi connectivity index (χ3v) is 12.1. The van der Waals surface area contributed by atoms with Gasteiger partial charge in [0.1, 0.15) is 23.7 Å². The Morgan fingerprint density at radius 1 is 0.864 bits per heavy atom. The number of nitrogen functional groups attached to an aromatic ring is 1. The molecular formula is C42H41Cl2N9O6. The summed E-state index contributed by atoms with van der Waals surface area (Å²) in [6.07, 6.45) is 5.63. The zero-order valence-electron chi connectivity index (χ0n) is 32.1. The van der Waals surface area contributed by atoms with Crippen molar-refractivity contribution in [3.05, 3.63) is 105 Å². The molecule has 0 bridgehead atoms. The molecule has 4 aromatic rings. The van der Waals surface area contributed by atoms with E-state index in [1.165, 1.54) is 12.4 Å². The van der Waals surface area contributed by atoms with Crippen LogP contribution in [-0.2, 0) is 14.4 Å². The summed E-state index contributed by atoms with van der Waals surface area (Å²) >= 11 is 12.7. The van der Waals surface area contributed by atoms with Gasteiger partial charge in [-0.1, -0.05) is 23.2 Å². The fraction of sp³-hybridized carbons (Fsp3) is 0.333. The van der Waals surface area contributed by atoms with Gasteiger partial charge >= 0.3 is 0 Å². The molecule has 3 saturated heterocycles. The van der Waals surface area contributed by atoms with Crippen molar-refractivity contribution in [3.63, 3.8) is 0 Å². The molecule has 17 heteroatoms. The van der Waals surface area contributed by atoms with Gasteiger partial charge in [0.05, 0.1) is 26.9 Å². The van der Waals surface area contributed by atoms with Crippen molar-refractivity contribution in [1.82, 2.24) is 25.1 Å². The normalized spacial score (nSPS) is 19.1. The molecule has 1 unspecified atom stereocenters. The summed E-state index contributed by atoms with van der Waals surface area (Å²) in [6.45, 7) is 5.38. The van der Waals surface area contributed by atoms with Crippen molar-refractivity contribution >= 4 is 75.6 Å². The van der Waals surface area contributed by atoms with Crippen LogP contribution in [0.25, 0.3) is 0 Å². The Kier molecular flexibility index (Phi) is 11.0. The number of nitrogens with zero attached hydrogens (tertiary/aromatic N) is 6. The smallest absolute Gasteiger partial charge is 0.262 e. The molecule has 0 spiro atoms. The summed E-state index contributed by atoms with van der Waals surface area (Å²) in [6, 6.07) is 12.9. The van der Waals surface area contributed by atoms with Gasteiger partial charge in [-0.2, -0.15) is 0 Å². The summed E-state index contributed by atoms with van der Waals surface area (Å²) in [5, 5.41) is 11.9. The number of rotatable bonds is 9. The Bertz CT molecular complexity index is 2360. The van der Waals surface area contributed by atoms with Crippen LogP contribution < -0.4 is 25.6 Å². The van der Waals surface area contributed by atoms with Crippen molar-refractivity contribution in [2.75, 3.05) is 54.8 Å². The average molecular weight is 839 g/mol. The lowest BCUT2D eigenvalue weighted by Crippen LogP contribution is -2.54. The lowest BCUT2D eigenvalue weighted by molar-refractivity contribution is -0.137. The van der Waals surface area contributed by atoms with E-state index >= 15 is 0 Å². The number of halogens is 2. The van der Waals surface area contributed by atoms with E-state index in [1.54, 1.807) is 42.6 Å². The van der Waals surface area contributed by atoms with Crippen LogP contribution in [0, 0.1) is 11.3 Å². The molecule has 8 rings (SSSR count). The van der Waals surface area contributed by atoms with Gasteiger partial charge in [0, 0.05) is 98.3 Å². The fourth-order valence-electron chi connectivity index (χ4n) is 8.23. The van der Waals surface area contributed by atoms with Gasteiger partial charge in [0.2, 0.25) is 17.7 Å². The Labute approximate surface area is 349 Å². The number of aromatic nitrogens is 2. The summed E-state index contributed by atoms with van der Waals surface area (Å²) in [7, 11) is 0. The van der Waals surface area contributed by atoms with Gasteiger partial charge in [0.25, 0.3) is 11.8 Å². The number of benzene rings is 2. The summed E-state index contributed by atoms with van der Waals surface area (Å²) < 4.78 is 6.13. The number of pyridine rings is 2. The predicted octanol–water partition coefficient (Wildman–Crippen LogP) is 4.89. The molecule has 0 radical (unpaired) electrons. The Morgan fingerprint density at radius 3 is 2.25 bits per heavy atom. The van der Waals surface area contributed by atoms with Gasteiger partial charge in [-0.05, 0) is 74.7 Å². The van der Waals surface area contributed by atoms with E-state index in [2.05, 4.69) is 25.1 Å². The molecule has 15 nitrogen and oxygen atoms in total. The molecule has 2 aromatic carbocycles. The lowest BCUT2D eigenvalue weighted by Gasteiger charge is -2.39. The first kappa shape index (κ1) is 39.8. The monoisotopic (exact) mass is 837 g/mol. The first-order valence-corrected chi connectivity index (χ1v) is 20.2. The van der Waals surface area contributed by atoms with E-state index in [-0.39, 0.29) is 41.5 Å². The first-order valence-electron chi connectivity index (χ1n) is 19.4. The minimum Gasteiger partial charge on any atom is -0.486 e. The number of hydrogen-bond acceptors (Lipinski definition) is 12. The van der Waals surface area contributed by atoms with E-state index in [1.807, 2.05) is 24.0 Å². The van der Waals surface area contributed by atoms with Gasteiger partial charge in [-0.3, -0.25) is 44.6 Å². The highest BCUT2D eigenvalue weighted by Crippen LogP contribution is 2.35. The zero-order chi connectivity index (χ0) is 41.5. The highest BCUT2D eigenvalue weighted by atomic mass is 35.5. The minimum atomic E-state index is -1.02. The Hall–Kier alpha value is -6.06. The average Bonchev–Trinajstić information content (AvgIpc) is 3.48. The number of carbonyl (C=O) groups is 5. The third-order valence-electron chi connectivity index (χ3n) is 11.5. The van der Waals surface area contributed by atoms with Gasteiger partial charge in [-0.25, -0.2) is 4.98 Å². The molecule has 4 aliphatic rings. The van der Waals surface area contributed by atoms with Crippen LogP contribution in [0.3, 0.4) is 0 Å². The van der Waals surface area contributed by atoms with E-state index in [0.29, 0.717) is 90.3 Å². The number of nitrogens with one attached hydrogen (secondary N) is 2. The van der Waals surface area contributed by atoms with Crippen molar-refractivity contribution in [3.8, 4) is 5.75 Å². The summed E-state index contributed by atoms with van der Waals surface area (Å²) in [5.41, 5.74) is 9.85. The van der Waals surface area contributed by atoms with Gasteiger partial charge < -0.3 is 25.2 Å². The van der Waals surface area contributed by atoms with Crippen molar-refractivity contribution in [2.24, 2.45) is 5.92 Å². The molecule has 5 amide bonds. The fourth-order valence-corrected chi connectivity index (χ4v) is 8.90. The lowest BCUT2D eigenvalue weighted by atomic mass is 9.94. The van der Waals surface area contributed by atoms with E-state index in [0.717, 1.165) is 16.4 Å². The number of ether oxygens (including phenoxy) is 1. The maximum absolute atomic E-state index is 13.6. The van der Waals surface area contributed by atoms with Crippen LogP contribution in [0.5, 0.6) is 5.75 Å². The molecule has 0 aliphatic carbocycles. The number of hydrogen-bond donors (Lipinski definition) is 3. The second kappa shape index (κ2) is 16.3. The molecule has 3 fully saturated rings. The van der Waals surface area contributed by atoms with Crippen molar-refractivity contribution in [2.45, 2.75) is 44.8 Å². The van der Waals surface area contributed by atoms with Crippen molar-refractivity contribution < 1.29 is 28.7 Å². The van der Waals surface area contributed by atoms with Crippen LogP contribution in [-0.4, -0.2) is 100 Å². The molecule has 0 saturated carbocycles. The second-order valence-electron chi connectivity index (χ2n) is 15.1. The summed E-state index contributed by atoms with van der Waals surface area (Å²) in [4.78, 5) is 79.9. The number of anilines is 3. The standard InChI is InChI=1S/C42H41Cl2N9O6/c1-23(37-31(43)21-47-22-32(37)44)59-27-4-6-33(45)30(19-27)38(46)25-2-8-35(48-20-25)51-14-16-52(17-15-51)40(56)24-10-12-50(13-11-24)26-3-5-28-29(18-26)42(58)53(41(28)57)34-7-9-36(54)49-39(34)55/h2-6,8,18-24,34,46H,7,9-17,45H2,1H3,(H,49,54,55)/t23-,34?/m1/s1. The van der Waals surface area contributed by atoms with Crippen LogP contribution in [0.1, 0.15) is 76.1 Å². The van der Waals surface area contributed by atoms with E-state index in [9.17, 15) is 24.0 Å². The van der Waals surface area contributed by atoms with E-state index < -0.39 is 35.8 Å². The predicted molar refractivity (Wildman–Crippen MR) is 221 cm³/mol. The minimum absolute atomic E-state index is 0.0600. The second-order valence-corrected chi connectivity index (χ2v) is 15.9. The van der Waals surface area contributed by atoms with Gasteiger partial charge in [0.15, 0.2) is 0 Å². The maximum Gasteiger partial charge on any atom is 0.262 e. The van der Waals surface area contributed by atoms with Gasteiger partial charge in [-0.15, -0.1) is 0 Å². The topological polar surface area (TPSA) is 195 Å². The molecule has 4 N–H and O–H groups in total. The Morgan fingerprint density at radius 2 is 1.58 bits per heavy atom. The number of fused-ring (bicyclic) bond motifs is 1. The van der Waals surface area contributed by atoms with Crippen LogP contribution >= 0.6 is 23.2 Å². The third kappa shape index (κ3) is 7.79. The van der Waals surface area contributed by atoms with Crippen LogP contribution in [0.4, 0.5) is 17.2 Å². The molecule has 2 atom stereocenters. The highest BCUT2D eigenvalue weighted by molar-refractivity contribution is 6.35. The van der Waals surface area contributed by atoms with Crippen molar-refractivity contribution in [1.29, 1.82) is 5.41 Å². The molecule has 59 heavy (non-hydrogen) atoms. The number of piperidine rings is 2. The number of amides is 5. The maximum atomic E-state index is 13.6. The van der Waals surface area contributed by atoms with Crippen LogP contribution in [0.15, 0.2) is 67.1 Å². The molecule has 2 aromatic heterocycles. The van der Waals surface area contributed by atoms with E-state index in [4.69, 9.17) is 39.1 Å². The molecule has 4 aliphatic heterocycles.